The molecule has 0 spiro atoms. The highest BCUT2D eigenvalue weighted by atomic mass is 79.9. The Balaban J connectivity index is 2.32. The second-order valence-corrected chi connectivity index (χ2v) is 6.06. The Hall–Kier alpha value is -0.690. The Morgan fingerprint density at radius 2 is 2.39 bits per heavy atom. The van der Waals surface area contributed by atoms with Gasteiger partial charge in [0.15, 0.2) is 0 Å². The predicted molar refractivity (Wildman–Crippen MR) is 74.6 cm³/mol. The molecule has 4 nitrogen and oxygen atoms in total. The van der Waals surface area contributed by atoms with E-state index < -0.39 is 0 Å². The highest BCUT2D eigenvalue weighted by Gasteiger charge is 2.20. The van der Waals surface area contributed by atoms with Gasteiger partial charge in [0.2, 0.25) is 5.78 Å². The quantitative estimate of drug-likeness (QED) is 0.778. The van der Waals surface area contributed by atoms with Crippen molar-refractivity contribution in [2.45, 2.75) is 6.54 Å². The summed E-state index contributed by atoms with van der Waals surface area (Å²) < 4.78 is 7.89. The first-order chi connectivity index (χ1) is 8.63. The van der Waals surface area contributed by atoms with E-state index >= 15 is 0 Å². The molecule has 18 heavy (non-hydrogen) atoms. The van der Waals surface area contributed by atoms with Gasteiger partial charge in [0.25, 0.3) is 0 Å². The molecule has 0 bridgehead atoms. The van der Waals surface area contributed by atoms with Crippen LogP contribution in [0.25, 0.3) is 0 Å². The normalized spacial score (nSPS) is 10.8. The van der Waals surface area contributed by atoms with Crippen molar-refractivity contribution in [3.63, 3.8) is 0 Å². The second kappa shape index (κ2) is 5.97. The maximum Gasteiger partial charge on any atom is 0.222 e. The summed E-state index contributed by atoms with van der Waals surface area (Å²) in [4.78, 5) is 12.9. The number of rotatable bonds is 5. The smallest absolute Gasteiger partial charge is 0.222 e. The van der Waals surface area contributed by atoms with Crippen LogP contribution in [-0.2, 0) is 11.3 Å². The lowest BCUT2D eigenvalue weighted by molar-refractivity contribution is 0.102. The van der Waals surface area contributed by atoms with Gasteiger partial charge in [-0.2, -0.15) is 5.10 Å². The average Bonchev–Trinajstić information content (AvgIpc) is 2.92. The summed E-state index contributed by atoms with van der Waals surface area (Å²) in [6.45, 7) is 1.03. The minimum Gasteiger partial charge on any atom is -0.383 e. The van der Waals surface area contributed by atoms with Gasteiger partial charge in [-0.3, -0.25) is 9.48 Å². The van der Waals surface area contributed by atoms with Crippen LogP contribution in [0.1, 0.15) is 15.4 Å². The first kappa shape index (κ1) is 13.7. The van der Waals surface area contributed by atoms with E-state index in [0.29, 0.717) is 32.5 Å². The van der Waals surface area contributed by atoms with Gasteiger partial charge in [0, 0.05) is 7.11 Å². The molecule has 2 rings (SSSR count). The molecule has 2 aromatic rings. The van der Waals surface area contributed by atoms with Gasteiger partial charge in [-0.25, -0.2) is 0 Å². The zero-order chi connectivity index (χ0) is 13.1. The van der Waals surface area contributed by atoms with Gasteiger partial charge in [-0.05, 0) is 28.1 Å². The van der Waals surface area contributed by atoms with Crippen LogP contribution in [0.4, 0.5) is 0 Å². The van der Waals surface area contributed by atoms with Gasteiger partial charge in [-0.1, -0.05) is 11.6 Å². The minimum atomic E-state index is -0.0904. The average molecular weight is 350 g/mol. The number of carbonyl (C=O) groups is 1. The summed E-state index contributed by atoms with van der Waals surface area (Å²) in [5, 5.41) is 4.15. The third-order valence-corrected chi connectivity index (χ3v) is 4.12. The minimum absolute atomic E-state index is 0.0904. The van der Waals surface area contributed by atoms with Crippen molar-refractivity contribution >= 4 is 44.7 Å². The van der Waals surface area contributed by atoms with Crippen molar-refractivity contribution in [2.24, 2.45) is 0 Å². The number of nitrogens with zero attached hydrogens (tertiary/aromatic N) is 2. The van der Waals surface area contributed by atoms with Crippen molar-refractivity contribution in [1.29, 1.82) is 0 Å². The van der Waals surface area contributed by atoms with Crippen LogP contribution in [-0.4, -0.2) is 29.3 Å². The summed E-state index contributed by atoms with van der Waals surface area (Å²) in [6, 6.07) is 3.43. The fourth-order valence-electron chi connectivity index (χ4n) is 1.49. The van der Waals surface area contributed by atoms with Crippen molar-refractivity contribution in [3.05, 3.63) is 37.7 Å². The first-order valence-corrected chi connectivity index (χ1v) is 7.12. The van der Waals surface area contributed by atoms with Crippen LogP contribution in [0.2, 0.25) is 4.34 Å². The van der Waals surface area contributed by atoms with Crippen molar-refractivity contribution in [1.82, 2.24) is 9.78 Å². The molecule has 0 fully saturated rings. The lowest BCUT2D eigenvalue weighted by Crippen LogP contribution is -2.14. The van der Waals surface area contributed by atoms with Crippen LogP contribution in [0.15, 0.2) is 22.8 Å². The lowest BCUT2D eigenvalue weighted by Gasteiger charge is -2.05. The molecule has 2 aromatic heterocycles. The van der Waals surface area contributed by atoms with Crippen LogP contribution in [0.3, 0.4) is 0 Å². The Labute approximate surface area is 122 Å². The van der Waals surface area contributed by atoms with Crippen LogP contribution in [0.5, 0.6) is 0 Å². The molecule has 0 unspecified atom stereocenters. The summed E-state index contributed by atoms with van der Waals surface area (Å²) >= 11 is 10.4. The molecule has 0 aliphatic rings. The Bertz CT molecular complexity index is 567. The Morgan fingerprint density at radius 1 is 1.61 bits per heavy atom. The van der Waals surface area contributed by atoms with Gasteiger partial charge < -0.3 is 4.74 Å². The summed E-state index contributed by atoms with van der Waals surface area (Å²) in [5.41, 5.74) is 0.519. The molecule has 2 heterocycles. The highest BCUT2D eigenvalue weighted by molar-refractivity contribution is 9.10. The zero-order valence-corrected chi connectivity index (χ0v) is 12.7. The van der Waals surface area contributed by atoms with Crippen molar-refractivity contribution in [3.8, 4) is 0 Å². The van der Waals surface area contributed by atoms with Gasteiger partial charge >= 0.3 is 0 Å². The first-order valence-electron chi connectivity index (χ1n) is 5.13. The summed E-state index contributed by atoms with van der Waals surface area (Å²) in [5.74, 6) is -0.0904. The molecule has 0 N–H and O–H groups in total. The van der Waals surface area contributed by atoms with Crippen molar-refractivity contribution < 1.29 is 9.53 Å². The monoisotopic (exact) mass is 348 g/mol. The molecule has 0 atom stereocenters. The summed E-state index contributed by atoms with van der Waals surface area (Å²) in [6.07, 6.45) is 1.61. The van der Waals surface area contributed by atoms with E-state index in [1.54, 1.807) is 30.1 Å². The number of aromatic nitrogens is 2. The van der Waals surface area contributed by atoms with Gasteiger partial charge in [0.1, 0.15) is 5.69 Å². The molecule has 96 valence electrons. The molecule has 0 radical (unpaired) electrons. The van der Waals surface area contributed by atoms with Gasteiger partial charge in [-0.15, -0.1) is 11.3 Å². The number of ketones is 1. The van der Waals surface area contributed by atoms with Crippen LogP contribution in [0, 0.1) is 0 Å². The summed E-state index contributed by atoms with van der Waals surface area (Å²) in [7, 11) is 1.61. The number of hydrogen-bond acceptors (Lipinski definition) is 4. The topological polar surface area (TPSA) is 44.1 Å². The second-order valence-electron chi connectivity index (χ2n) is 3.49. The highest BCUT2D eigenvalue weighted by Crippen LogP contribution is 2.26. The molecule has 0 saturated carbocycles. The maximum absolute atomic E-state index is 12.3. The van der Waals surface area contributed by atoms with Crippen LogP contribution >= 0.6 is 38.9 Å². The Kier molecular flexibility index (Phi) is 4.55. The van der Waals surface area contributed by atoms with E-state index in [2.05, 4.69) is 21.0 Å². The maximum atomic E-state index is 12.3. The number of carbonyl (C=O) groups excluding carboxylic acids is 1. The van der Waals surface area contributed by atoms with Crippen LogP contribution < -0.4 is 0 Å². The largest absolute Gasteiger partial charge is 0.383 e. The molecule has 0 aliphatic carbocycles. The number of hydrogen-bond donors (Lipinski definition) is 0. The fraction of sp³-hybridized carbons (Fsp3) is 0.273. The number of thiophene rings is 1. The molecule has 0 aromatic carbocycles. The SMILES string of the molecule is COCCn1ncc(Br)c1C(=O)c1ccc(Cl)s1. The zero-order valence-electron chi connectivity index (χ0n) is 9.52. The van der Waals surface area contributed by atoms with E-state index in [0.717, 1.165) is 0 Å². The number of ether oxygens (including phenoxy) is 1. The molecular formula is C11H10BrClN2O2S. The molecule has 0 aliphatic heterocycles. The molecule has 7 heteroatoms. The van der Waals surface area contributed by atoms with Crippen molar-refractivity contribution in [2.75, 3.05) is 13.7 Å². The molecule has 0 amide bonds. The Morgan fingerprint density at radius 3 is 3.00 bits per heavy atom. The molecular weight excluding hydrogens is 340 g/mol. The van der Waals surface area contributed by atoms with E-state index in [9.17, 15) is 4.79 Å². The third kappa shape index (κ3) is 2.83. The number of methoxy groups -OCH3 is 1. The third-order valence-electron chi connectivity index (χ3n) is 2.31. The van der Waals surface area contributed by atoms with E-state index in [1.807, 2.05) is 0 Å². The fourth-order valence-corrected chi connectivity index (χ4v) is 2.95. The van der Waals surface area contributed by atoms with E-state index in [-0.39, 0.29) is 5.78 Å². The van der Waals surface area contributed by atoms with Gasteiger partial charge in [0.05, 0.1) is 33.0 Å². The van der Waals surface area contributed by atoms with E-state index in [4.69, 9.17) is 16.3 Å². The predicted octanol–water partition coefficient (Wildman–Crippen LogP) is 3.24. The molecule has 0 saturated heterocycles. The standard InChI is InChI=1S/C11H10BrClN2O2S/c1-17-5-4-15-10(7(12)6-14-15)11(16)8-2-3-9(13)18-8/h2-3,6H,4-5H2,1H3. The lowest BCUT2D eigenvalue weighted by atomic mass is 10.2. The van der Waals surface area contributed by atoms with E-state index in [1.165, 1.54) is 11.3 Å². The number of halogens is 2.